The van der Waals surface area contributed by atoms with E-state index in [-0.39, 0.29) is 11.8 Å². The van der Waals surface area contributed by atoms with Gasteiger partial charge in [0.1, 0.15) is 6.04 Å². The minimum absolute atomic E-state index is 0.206. The molecule has 0 radical (unpaired) electrons. The Morgan fingerprint density at radius 1 is 0.931 bits per heavy atom. The molecule has 140 valence electrons. The van der Waals surface area contributed by atoms with Crippen molar-refractivity contribution < 1.29 is 9.63 Å². The van der Waals surface area contributed by atoms with Gasteiger partial charge in [0.25, 0.3) is 5.91 Å². The van der Waals surface area contributed by atoms with E-state index < -0.39 is 12.1 Å². The Balaban J connectivity index is 1.66. The van der Waals surface area contributed by atoms with Crippen LogP contribution in [0.5, 0.6) is 0 Å². The van der Waals surface area contributed by atoms with E-state index in [0.29, 0.717) is 17.0 Å². The van der Waals surface area contributed by atoms with Gasteiger partial charge in [0.2, 0.25) is 0 Å². The summed E-state index contributed by atoms with van der Waals surface area (Å²) in [5, 5.41) is 14.5. The third-order valence-electron chi connectivity index (χ3n) is 5.47. The lowest BCUT2D eigenvalue weighted by atomic mass is 9.79. The maximum absolute atomic E-state index is 13.5. The van der Waals surface area contributed by atoms with E-state index in [4.69, 9.17) is 4.84 Å². The molecule has 3 atom stereocenters. The van der Waals surface area contributed by atoms with Gasteiger partial charge in [-0.2, -0.15) is 5.26 Å². The summed E-state index contributed by atoms with van der Waals surface area (Å²) in [5.41, 5.74) is 3.69. The monoisotopic (exact) mass is 379 g/mol. The van der Waals surface area contributed by atoms with Gasteiger partial charge in [-0.1, -0.05) is 71.9 Å². The van der Waals surface area contributed by atoms with Crippen LogP contribution < -0.4 is 4.90 Å². The summed E-state index contributed by atoms with van der Waals surface area (Å²) in [4.78, 5) is 20.9. The van der Waals surface area contributed by atoms with E-state index >= 15 is 0 Å². The Bertz CT molecular complexity index is 1140. The quantitative estimate of drug-likeness (QED) is 0.666. The smallest absolute Gasteiger partial charge is 0.259 e. The summed E-state index contributed by atoms with van der Waals surface area (Å²) in [6, 6.07) is 27.9. The molecule has 29 heavy (non-hydrogen) atoms. The van der Waals surface area contributed by atoms with Gasteiger partial charge in [-0.05, 0) is 23.8 Å². The van der Waals surface area contributed by atoms with E-state index in [1.54, 1.807) is 17.0 Å². The summed E-state index contributed by atoms with van der Waals surface area (Å²) >= 11 is 0. The lowest BCUT2D eigenvalue weighted by Crippen LogP contribution is -2.51. The molecule has 0 aliphatic carbocycles. The summed E-state index contributed by atoms with van der Waals surface area (Å²) in [6.45, 7) is 0. The van der Waals surface area contributed by atoms with E-state index in [1.807, 2.05) is 72.8 Å². The fraction of sp³-hybridized carbons (Fsp3) is 0.125. The highest BCUT2D eigenvalue weighted by Crippen LogP contribution is 2.47. The molecule has 0 saturated heterocycles. The molecule has 1 amide bonds. The fourth-order valence-electron chi connectivity index (χ4n) is 4.15. The second-order valence-corrected chi connectivity index (χ2v) is 7.07. The number of nitrogens with zero attached hydrogens (tertiary/aromatic N) is 3. The Morgan fingerprint density at radius 2 is 1.59 bits per heavy atom. The lowest BCUT2D eigenvalue weighted by Gasteiger charge is -2.39. The molecule has 3 aromatic carbocycles. The number of hydrogen-bond acceptors (Lipinski definition) is 4. The third-order valence-corrected chi connectivity index (χ3v) is 5.47. The van der Waals surface area contributed by atoms with Crippen LogP contribution in [0.2, 0.25) is 0 Å². The highest BCUT2D eigenvalue weighted by atomic mass is 16.6. The first-order valence-electron chi connectivity index (χ1n) is 9.46. The predicted octanol–water partition coefficient (Wildman–Crippen LogP) is 4.33. The maximum atomic E-state index is 13.5. The molecule has 0 aromatic heterocycles. The van der Waals surface area contributed by atoms with E-state index in [2.05, 4.69) is 11.2 Å². The van der Waals surface area contributed by atoms with Crippen molar-refractivity contribution in [1.29, 1.82) is 5.26 Å². The molecule has 5 heteroatoms. The molecule has 2 aliphatic heterocycles. The second kappa shape index (κ2) is 6.92. The van der Waals surface area contributed by atoms with Crippen molar-refractivity contribution in [3.05, 3.63) is 102 Å². The molecule has 0 N–H and O–H groups in total. The maximum Gasteiger partial charge on any atom is 0.259 e. The van der Waals surface area contributed by atoms with E-state index in [9.17, 15) is 10.1 Å². The molecule has 0 unspecified atom stereocenters. The lowest BCUT2D eigenvalue weighted by molar-refractivity contribution is 0.0533. The van der Waals surface area contributed by atoms with Crippen molar-refractivity contribution in [1.82, 2.24) is 0 Å². The Kier molecular flexibility index (Phi) is 4.10. The highest BCUT2D eigenvalue weighted by Gasteiger charge is 2.51. The topological polar surface area (TPSA) is 65.7 Å². The van der Waals surface area contributed by atoms with Crippen molar-refractivity contribution in [2.75, 3.05) is 4.90 Å². The average Bonchev–Trinajstić information content (AvgIpc) is 3.24. The summed E-state index contributed by atoms with van der Waals surface area (Å²) in [5.74, 6) is -0.577. The van der Waals surface area contributed by atoms with Gasteiger partial charge >= 0.3 is 0 Å². The molecular formula is C24H17N3O2. The van der Waals surface area contributed by atoms with Crippen LogP contribution in [0.1, 0.15) is 27.6 Å². The summed E-state index contributed by atoms with van der Waals surface area (Å²) < 4.78 is 0. The van der Waals surface area contributed by atoms with Crippen LogP contribution >= 0.6 is 0 Å². The Hall–Kier alpha value is -3.91. The zero-order valence-corrected chi connectivity index (χ0v) is 15.5. The molecule has 2 heterocycles. The fourth-order valence-corrected chi connectivity index (χ4v) is 4.15. The number of nitriles is 1. The molecule has 2 aliphatic rings. The third kappa shape index (κ3) is 2.69. The number of carbonyl (C=O) groups is 1. The summed E-state index contributed by atoms with van der Waals surface area (Å²) in [7, 11) is 0. The standard InChI is InChI=1S/C24H17N3O2/c25-15-20-21-22(16-9-3-1-4-10-16)26-29-23(21)18-13-7-8-14-19(18)27(20)24(28)17-11-5-2-6-12-17/h1-14,20-21,23H/t20-,21+,23+/m1/s1. The molecule has 5 nitrogen and oxygen atoms in total. The molecule has 0 bridgehead atoms. The minimum atomic E-state index is -0.732. The van der Waals surface area contributed by atoms with Crippen LogP contribution in [-0.2, 0) is 4.84 Å². The Morgan fingerprint density at radius 3 is 2.31 bits per heavy atom. The first-order valence-corrected chi connectivity index (χ1v) is 9.46. The number of hydrogen-bond donors (Lipinski definition) is 0. The van der Waals surface area contributed by atoms with Crippen LogP contribution in [0, 0.1) is 17.2 Å². The number of rotatable bonds is 2. The normalized spacial score (nSPS) is 22.0. The average molecular weight is 379 g/mol. The van der Waals surface area contributed by atoms with Crippen LogP contribution in [0.25, 0.3) is 0 Å². The van der Waals surface area contributed by atoms with Crippen LogP contribution in [0.15, 0.2) is 90.1 Å². The predicted molar refractivity (Wildman–Crippen MR) is 109 cm³/mol. The van der Waals surface area contributed by atoms with Crippen LogP contribution in [0.3, 0.4) is 0 Å². The largest absolute Gasteiger partial charge is 0.386 e. The number of benzene rings is 3. The van der Waals surface area contributed by atoms with Crippen LogP contribution in [0.4, 0.5) is 5.69 Å². The molecular weight excluding hydrogens is 362 g/mol. The van der Waals surface area contributed by atoms with Gasteiger partial charge in [0, 0.05) is 11.1 Å². The molecule has 0 fully saturated rings. The molecule has 0 spiro atoms. The van der Waals surface area contributed by atoms with Crippen molar-refractivity contribution in [3.63, 3.8) is 0 Å². The number of anilines is 1. The van der Waals surface area contributed by atoms with Gasteiger partial charge in [0.15, 0.2) is 6.10 Å². The molecule has 0 saturated carbocycles. The first-order chi connectivity index (χ1) is 14.3. The zero-order chi connectivity index (χ0) is 19.8. The number of fused-ring (bicyclic) bond motifs is 3. The van der Waals surface area contributed by atoms with Gasteiger partial charge in [-0.15, -0.1) is 0 Å². The van der Waals surface area contributed by atoms with Crippen molar-refractivity contribution in [3.8, 4) is 6.07 Å². The first kappa shape index (κ1) is 17.2. The van der Waals surface area contributed by atoms with Crippen LogP contribution in [-0.4, -0.2) is 17.7 Å². The zero-order valence-electron chi connectivity index (χ0n) is 15.5. The molecule has 5 rings (SSSR count). The highest BCUT2D eigenvalue weighted by molar-refractivity contribution is 6.11. The number of carbonyl (C=O) groups excluding carboxylic acids is 1. The van der Waals surface area contributed by atoms with Crippen molar-refractivity contribution in [2.24, 2.45) is 11.1 Å². The number of amides is 1. The van der Waals surface area contributed by atoms with Gasteiger partial charge in [-0.25, -0.2) is 0 Å². The second-order valence-electron chi connectivity index (χ2n) is 7.07. The number of oxime groups is 1. The number of para-hydroxylation sites is 1. The SMILES string of the molecule is N#C[C@@H]1[C@H]2C(c3ccccc3)=NO[C@H]2c2ccccc2N1C(=O)c1ccccc1. The molecule has 3 aromatic rings. The minimum Gasteiger partial charge on any atom is -0.386 e. The Labute approximate surface area is 168 Å². The van der Waals surface area contributed by atoms with Gasteiger partial charge in [0.05, 0.1) is 23.4 Å². The van der Waals surface area contributed by atoms with E-state index in [1.165, 1.54) is 0 Å². The van der Waals surface area contributed by atoms with Gasteiger partial charge in [-0.3, -0.25) is 9.69 Å². The van der Waals surface area contributed by atoms with Crippen molar-refractivity contribution in [2.45, 2.75) is 12.1 Å². The van der Waals surface area contributed by atoms with E-state index in [0.717, 1.165) is 11.1 Å². The summed E-state index contributed by atoms with van der Waals surface area (Å²) in [6.07, 6.45) is -0.397. The van der Waals surface area contributed by atoms with Gasteiger partial charge < -0.3 is 4.84 Å². The van der Waals surface area contributed by atoms with Crippen molar-refractivity contribution >= 4 is 17.3 Å².